The summed E-state index contributed by atoms with van der Waals surface area (Å²) in [5.74, 6) is 0.0933. The van der Waals surface area contributed by atoms with Crippen LogP contribution in [0, 0.1) is 0 Å². The molecule has 0 aromatic heterocycles. The minimum absolute atomic E-state index is 0.155. The van der Waals surface area contributed by atoms with E-state index < -0.39 is 22.8 Å². The second-order valence-corrected chi connectivity index (χ2v) is 9.02. The summed E-state index contributed by atoms with van der Waals surface area (Å²) in [5.41, 5.74) is -3.27. The van der Waals surface area contributed by atoms with Crippen molar-refractivity contribution in [3.05, 3.63) is 109 Å². The Labute approximate surface area is 218 Å². The third kappa shape index (κ3) is 6.73. The molecule has 0 fully saturated rings. The average molecular weight is 503 g/mol. The van der Waals surface area contributed by atoms with E-state index in [2.05, 4.69) is 13.2 Å². The topological polar surface area (TPSA) is 93.1 Å². The van der Waals surface area contributed by atoms with E-state index in [9.17, 15) is 19.8 Å². The van der Waals surface area contributed by atoms with Crippen LogP contribution in [0.15, 0.2) is 97.6 Å². The molecule has 6 heteroatoms. The molecular weight excluding hydrogens is 468 g/mol. The Balaban J connectivity index is 1.69. The molecule has 0 saturated carbocycles. The van der Waals surface area contributed by atoms with E-state index in [0.717, 1.165) is 31.8 Å². The van der Waals surface area contributed by atoms with Crippen LogP contribution in [-0.2, 0) is 0 Å². The van der Waals surface area contributed by atoms with E-state index >= 15 is 0 Å². The van der Waals surface area contributed by atoms with E-state index in [-0.39, 0.29) is 16.7 Å². The normalized spacial score (nSPS) is 20.6. The van der Waals surface area contributed by atoms with Gasteiger partial charge in [-0.15, -0.1) is 13.2 Å². The van der Waals surface area contributed by atoms with Crippen molar-refractivity contribution in [2.24, 2.45) is 0 Å². The van der Waals surface area contributed by atoms with Gasteiger partial charge in [-0.25, -0.2) is 0 Å². The first kappa shape index (κ1) is 27.8. The Morgan fingerprint density at radius 1 is 0.784 bits per heavy atom. The first-order valence-corrected chi connectivity index (χ1v) is 12.4. The van der Waals surface area contributed by atoms with Crippen molar-refractivity contribution in [1.82, 2.24) is 0 Å². The summed E-state index contributed by atoms with van der Waals surface area (Å²) in [6, 6.07) is 13.0. The third-order valence-electron chi connectivity index (χ3n) is 6.20. The van der Waals surface area contributed by atoms with Gasteiger partial charge in [-0.2, -0.15) is 0 Å². The van der Waals surface area contributed by atoms with Gasteiger partial charge in [-0.3, -0.25) is 9.59 Å². The number of benzene rings is 2. The average Bonchev–Trinajstić information content (AvgIpc) is 2.91. The van der Waals surface area contributed by atoms with Crippen LogP contribution in [-0.4, -0.2) is 46.2 Å². The summed E-state index contributed by atoms with van der Waals surface area (Å²) in [7, 11) is 0. The maximum atomic E-state index is 13.2. The molecule has 2 aromatic carbocycles. The number of rotatable bonds is 14. The molecule has 0 amide bonds. The number of aliphatic hydroxyl groups is 2. The second kappa shape index (κ2) is 12.5. The Hall–Kier alpha value is -3.74. The van der Waals surface area contributed by atoms with Crippen molar-refractivity contribution in [1.29, 1.82) is 0 Å². The number of Topliss-reactive ketones (excluding diaryl/α,β-unsaturated/α-hetero) is 2. The number of allylic oxidation sites excluding steroid dienone is 2. The van der Waals surface area contributed by atoms with Gasteiger partial charge in [0.1, 0.15) is 11.5 Å². The number of carbonyl (C=O) groups is 2. The van der Waals surface area contributed by atoms with E-state index in [0.29, 0.717) is 24.7 Å². The highest BCUT2D eigenvalue weighted by Gasteiger charge is 2.44. The molecular formula is C31H34O6. The molecule has 194 valence electrons. The SMILES string of the molecule is C=CCCCOc1ccc(C(=O)C2(O)C=CC(O)(C(=O)c3ccc(OCCCC=C)cc3)C(C)=C2)cc1. The third-order valence-corrected chi connectivity index (χ3v) is 6.20. The van der Waals surface area contributed by atoms with E-state index in [1.807, 2.05) is 12.2 Å². The van der Waals surface area contributed by atoms with Crippen LogP contribution in [0.25, 0.3) is 0 Å². The van der Waals surface area contributed by atoms with Gasteiger partial charge in [0.25, 0.3) is 0 Å². The highest BCUT2D eigenvalue weighted by molar-refractivity contribution is 6.09. The quantitative estimate of drug-likeness (QED) is 0.204. The van der Waals surface area contributed by atoms with Gasteiger partial charge in [0.15, 0.2) is 11.2 Å². The highest BCUT2D eigenvalue weighted by Crippen LogP contribution is 2.33. The monoisotopic (exact) mass is 502 g/mol. The lowest BCUT2D eigenvalue weighted by atomic mass is 9.77. The molecule has 2 aromatic rings. The Morgan fingerprint density at radius 2 is 1.24 bits per heavy atom. The zero-order valence-corrected chi connectivity index (χ0v) is 21.2. The zero-order chi connectivity index (χ0) is 26.9. The van der Waals surface area contributed by atoms with Crippen molar-refractivity contribution in [2.45, 2.75) is 43.8 Å². The van der Waals surface area contributed by atoms with Crippen LogP contribution >= 0.6 is 0 Å². The van der Waals surface area contributed by atoms with Crippen molar-refractivity contribution in [3.8, 4) is 11.5 Å². The second-order valence-electron chi connectivity index (χ2n) is 9.02. The van der Waals surface area contributed by atoms with Gasteiger partial charge in [0.05, 0.1) is 13.2 Å². The van der Waals surface area contributed by atoms with Gasteiger partial charge in [0, 0.05) is 11.1 Å². The molecule has 2 N–H and O–H groups in total. The molecule has 0 aliphatic heterocycles. The van der Waals surface area contributed by atoms with Crippen LogP contribution in [0.3, 0.4) is 0 Å². The van der Waals surface area contributed by atoms with Crippen molar-refractivity contribution in [3.63, 3.8) is 0 Å². The molecule has 2 atom stereocenters. The summed E-state index contributed by atoms with van der Waals surface area (Å²) in [5, 5.41) is 22.3. The van der Waals surface area contributed by atoms with E-state index in [4.69, 9.17) is 9.47 Å². The zero-order valence-electron chi connectivity index (χ0n) is 21.2. The van der Waals surface area contributed by atoms with Crippen LogP contribution in [0.2, 0.25) is 0 Å². The molecule has 3 rings (SSSR count). The van der Waals surface area contributed by atoms with Crippen LogP contribution in [0.4, 0.5) is 0 Å². The predicted molar refractivity (Wildman–Crippen MR) is 144 cm³/mol. The van der Waals surface area contributed by atoms with E-state index in [1.54, 1.807) is 48.5 Å². The molecule has 0 radical (unpaired) electrons. The van der Waals surface area contributed by atoms with Crippen molar-refractivity contribution >= 4 is 11.6 Å². The number of carbonyl (C=O) groups excluding carboxylic acids is 2. The summed E-state index contributed by atoms with van der Waals surface area (Å²) >= 11 is 0. The van der Waals surface area contributed by atoms with Gasteiger partial charge in [-0.1, -0.05) is 12.2 Å². The van der Waals surface area contributed by atoms with E-state index in [1.165, 1.54) is 19.1 Å². The smallest absolute Gasteiger partial charge is 0.202 e. The van der Waals surface area contributed by atoms with Gasteiger partial charge < -0.3 is 19.7 Å². The molecule has 37 heavy (non-hydrogen) atoms. The molecule has 1 aliphatic rings. The fourth-order valence-corrected chi connectivity index (χ4v) is 3.96. The Bertz CT molecular complexity index is 1180. The molecule has 2 unspecified atom stereocenters. The molecule has 0 spiro atoms. The Kier molecular flexibility index (Phi) is 9.39. The lowest BCUT2D eigenvalue weighted by Gasteiger charge is -2.32. The summed E-state index contributed by atoms with van der Waals surface area (Å²) < 4.78 is 11.3. The first-order valence-electron chi connectivity index (χ1n) is 12.4. The lowest BCUT2D eigenvalue weighted by molar-refractivity contribution is 0.0547. The van der Waals surface area contributed by atoms with Crippen LogP contribution in [0.5, 0.6) is 11.5 Å². The number of ether oxygens (including phenoxy) is 2. The first-order chi connectivity index (χ1) is 17.7. The van der Waals surface area contributed by atoms with Crippen LogP contribution < -0.4 is 9.47 Å². The molecule has 0 saturated heterocycles. The molecule has 0 heterocycles. The lowest BCUT2D eigenvalue weighted by Crippen LogP contribution is -2.45. The summed E-state index contributed by atoms with van der Waals surface area (Å²) in [4.78, 5) is 26.3. The largest absolute Gasteiger partial charge is 0.494 e. The Morgan fingerprint density at radius 3 is 1.68 bits per heavy atom. The number of hydrogen-bond acceptors (Lipinski definition) is 6. The van der Waals surface area contributed by atoms with Gasteiger partial charge in [-0.05, 0) is 105 Å². The highest BCUT2D eigenvalue weighted by atomic mass is 16.5. The minimum Gasteiger partial charge on any atom is -0.494 e. The number of ketones is 2. The van der Waals surface area contributed by atoms with Crippen molar-refractivity contribution in [2.75, 3.05) is 13.2 Å². The van der Waals surface area contributed by atoms with Gasteiger partial charge >= 0.3 is 0 Å². The standard InChI is InChI=1S/C31H34O6/c1-4-6-8-20-36-26-14-10-24(11-15-26)28(32)30(34)18-19-31(35,23(3)22-30)29(33)25-12-16-27(17-13-25)37-21-9-7-5-2/h4-5,10-19,22,34-35H,1-2,6-9,20-21H2,3H3. The predicted octanol–water partition coefficient (Wildman–Crippen LogP) is 5.42. The number of unbranched alkanes of at least 4 members (excludes halogenated alkanes) is 2. The van der Waals surface area contributed by atoms with Crippen LogP contribution in [0.1, 0.15) is 53.3 Å². The summed E-state index contributed by atoms with van der Waals surface area (Å²) in [6.07, 6.45) is 10.6. The van der Waals surface area contributed by atoms with Crippen molar-refractivity contribution < 1.29 is 29.3 Å². The minimum atomic E-state index is -1.99. The maximum absolute atomic E-state index is 13.2. The van der Waals surface area contributed by atoms with Gasteiger partial charge in [0.2, 0.25) is 11.6 Å². The maximum Gasteiger partial charge on any atom is 0.202 e. The number of hydrogen-bond donors (Lipinski definition) is 2. The summed E-state index contributed by atoms with van der Waals surface area (Å²) in [6.45, 7) is 9.93. The fraction of sp³-hybridized carbons (Fsp3) is 0.290. The molecule has 6 nitrogen and oxygen atoms in total. The fourth-order valence-electron chi connectivity index (χ4n) is 3.96. The molecule has 1 aliphatic carbocycles. The molecule has 0 bridgehead atoms.